The highest BCUT2D eigenvalue weighted by Gasteiger charge is 2.38. The Morgan fingerprint density at radius 3 is 2.44 bits per heavy atom. The Balaban J connectivity index is 2.67. The first-order valence-corrected chi connectivity index (χ1v) is 5.14. The maximum absolute atomic E-state index is 13.4. The molecule has 1 aromatic carbocycles. The maximum atomic E-state index is 13.4. The molecule has 0 aliphatic rings. The van der Waals surface area contributed by atoms with Crippen molar-refractivity contribution in [3.63, 3.8) is 0 Å². The molecule has 18 heavy (non-hydrogen) atoms. The molecule has 0 aromatic heterocycles. The summed E-state index contributed by atoms with van der Waals surface area (Å²) in [5.74, 6) is -0.760. The van der Waals surface area contributed by atoms with Gasteiger partial charge in [-0.3, -0.25) is 0 Å². The lowest BCUT2D eigenvalue weighted by Gasteiger charge is -2.16. The Morgan fingerprint density at radius 1 is 1.39 bits per heavy atom. The number of benzene rings is 1. The molecule has 7 heteroatoms. The fraction of sp³-hybridized carbons (Fsp3) is 0.455. The van der Waals surface area contributed by atoms with Crippen LogP contribution in [0.3, 0.4) is 0 Å². The van der Waals surface area contributed by atoms with E-state index in [1.54, 1.807) is 6.92 Å². The van der Waals surface area contributed by atoms with Crippen LogP contribution in [0, 0.1) is 5.82 Å². The lowest BCUT2D eigenvalue weighted by Crippen LogP contribution is -2.34. The number of nitrogens with two attached hydrogens (primary N) is 1. The summed E-state index contributed by atoms with van der Waals surface area (Å²) in [5.41, 5.74) is 5.71. The lowest BCUT2D eigenvalue weighted by molar-refractivity contribution is -0.210. The first-order chi connectivity index (χ1) is 8.21. The van der Waals surface area contributed by atoms with Crippen LogP contribution < -0.4 is 10.5 Å². The van der Waals surface area contributed by atoms with Crippen molar-refractivity contribution in [1.29, 1.82) is 0 Å². The summed E-state index contributed by atoms with van der Waals surface area (Å²) in [7, 11) is 0. The highest BCUT2D eigenvalue weighted by molar-refractivity contribution is 5.30. The van der Waals surface area contributed by atoms with Crippen LogP contribution in [-0.2, 0) is 0 Å². The van der Waals surface area contributed by atoms with Crippen LogP contribution >= 0.6 is 0 Å². The average Bonchev–Trinajstić information content (AvgIpc) is 2.24. The Morgan fingerprint density at radius 2 is 2.00 bits per heavy atom. The number of ether oxygens (including phenoxy) is 1. The number of halogens is 4. The van der Waals surface area contributed by atoms with E-state index < -0.39 is 30.7 Å². The third-order valence-corrected chi connectivity index (χ3v) is 2.25. The Labute approximate surface area is 101 Å². The molecule has 0 radical (unpaired) electrons. The van der Waals surface area contributed by atoms with E-state index in [4.69, 9.17) is 10.8 Å². The van der Waals surface area contributed by atoms with Gasteiger partial charge in [-0.1, -0.05) is 6.07 Å². The molecule has 0 aliphatic heterocycles. The molecule has 1 unspecified atom stereocenters. The van der Waals surface area contributed by atoms with Gasteiger partial charge in [0.05, 0.1) is 0 Å². The van der Waals surface area contributed by atoms with Gasteiger partial charge in [-0.05, 0) is 13.0 Å². The van der Waals surface area contributed by atoms with Crippen LogP contribution in [0.15, 0.2) is 18.2 Å². The van der Waals surface area contributed by atoms with Crippen molar-refractivity contribution in [2.45, 2.75) is 25.2 Å². The fourth-order valence-electron chi connectivity index (χ4n) is 1.24. The lowest BCUT2D eigenvalue weighted by atomic mass is 10.1. The van der Waals surface area contributed by atoms with Gasteiger partial charge in [0.25, 0.3) is 0 Å². The number of rotatable bonds is 4. The van der Waals surface area contributed by atoms with E-state index >= 15 is 0 Å². The number of aliphatic hydroxyl groups excluding tert-OH is 1. The average molecular weight is 267 g/mol. The molecule has 0 heterocycles. The number of aliphatic hydroxyl groups is 1. The minimum absolute atomic E-state index is 0.0970. The van der Waals surface area contributed by atoms with Crippen LogP contribution in [0.5, 0.6) is 5.75 Å². The third kappa shape index (κ3) is 3.85. The minimum Gasteiger partial charge on any atom is -0.490 e. The predicted molar refractivity (Wildman–Crippen MR) is 56.6 cm³/mol. The second-order valence-electron chi connectivity index (χ2n) is 3.84. The standard InChI is InChI=1S/C11H13F4NO2/c1-6(16)8-3-2-7(4-9(8)12)18-5-10(17)11(13,14)15/h2-4,6,10,17H,5,16H2,1H3/t6-,10?/m1/s1. The highest BCUT2D eigenvalue weighted by atomic mass is 19.4. The third-order valence-electron chi connectivity index (χ3n) is 2.25. The summed E-state index contributed by atoms with van der Waals surface area (Å²) in [4.78, 5) is 0. The van der Waals surface area contributed by atoms with E-state index in [1.807, 2.05) is 0 Å². The van der Waals surface area contributed by atoms with Crippen molar-refractivity contribution < 1.29 is 27.4 Å². The predicted octanol–water partition coefficient (Wildman–Crippen LogP) is 2.15. The topological polar surface area (TPSA) is 55.5 Å². The van der Waals surface area contributed by atoms with E-state index in [1.165, 1.54) is 12.1 Å². The van der Waals surface area contributed by atoms with Crippen LogP contribution in [-0.4, -0.2) is 24.0 Å². The summed E-state index contributed by atoms with van der Waals surface area (Å²) in [6, 6.07) is 3.03. The van der Waals surface area contributed by atoms with Crippen molar-refractivity contribution in [1.82, 2.24) is 0 Å². The van der Waals surface area contributed by atoms with Crippen LogP contribution in [0.2, 0.25) is 0 Å². The summed E-state index contributed by atoms with van der Waals surface area (Å²) >= 11 is 0. The van der Waals surface area contributed by atoms with E-state index in [2.05, 4.69) is 4.74 Å². The zero-order valence-corrected chi connectivity index (χ0v) is 9.54. The SMILES string of the molecule is C[C@@H](N)c1ccc(OCC(O)C(F)(F)F)cc1F. The van der Waals surface area contributed by atoms with Gasteiger partial charge < -0.3 is 15.6 Å². The van der Waals surface area contributed by atoms with E-state index in [-0.39, 0.29) is 11.3 Å². The van der Waals surface area contributed by atoms with Crippen molar-refractivity contribution in [3.8, 4) is 5.75 Å². The molecule has 0 fully saturated rings. The second kappa shape index (κ2) is 5.53. The van der Waals surface area contributed by atoms with Gasteiger partial charge in [0.15, 0.2) is 6.10 Å². The summed E-state index contributed by atoms with van der Waals surface area (Å²) < 4.78 is 54.0. The molecule has 2 atom stereocenters. The molecule has 0 bridgehead atoms. The fourth-order valence-corrected chi connectivity index (χ4v) is 1.24. The summed E-state index contributed by atoms with van der Waals surface area (Å²) in [6.07, 6.45) is -7.36. The van der Waals surface area contributed by atoms with Crippen molar-refractivity contribution in [2.75, 3.05) is 6.61 Å². The molecule has 0 amide bonds. The van der Waals surface area contributed by atoms with Gasteiger partial charge in [0, 0.05) is 17.7 Å². The van der Waals surface area contributed by atoms with E-state index in [0.717, 1.165) is 6.07 Å². The van der Waals surface area contributed by atoms with Crippen LogP contribution in [0.25, 0.3) is 0 Å². The molecule has 1 rings (SSSR count). The number of hydrogen-bond donors (Lipinski definition) is 2. The second-order valence-corrected chi connectivity index (χ2v) is 3.84. The van der Waals surface area contributed by atoms with Gasteiger partial charge in [0.1, 0.15) is 18.2 Å². The smallest absolute Gasteiger partial charge is 0.417 e. The van der Waals surface area contributed by atoms with Gasteiger partial charge in [-0.15, -0.1) is 0 Å². The van der Waals surface area contributed by atoms with Gasteiger partial charge in [-0.25, -0.2) is 4.39 Å². The first kappa shape index (κ1) is 14.7. The Kier molecular flexibility index (Phi) is 4.53. The van der Waals surface area contributed by atoms with Gasteiger partial charge in [0.2, 0.25) is 0 Å². The molecule has 0 aliphatic carbocycles. The zero-order valence-electron chi connectivity index (χ0n) is 9.54. The monoisotopic (exact) mass is 267 g/mol. The molecule has 3 nitrogen and oxygen atoms in total. The summed E-state index contributed by atoms with van der Waals surface area (Å²) in [6.45, 7) is 0.590. The zero-order chi connectivity index (χ0) is 13.9. The first-order valence-electron chi connectivity index (χ1n) is 5.14. The van der Waals surface area contributed by atoms with E-state index in [0.29, 0.717) is 0 Å². The molecule has 102 valence electrons. The molecule has 3 N–H and O–H groups in total. The highest BCUT2D eigenvalue weighted by Crippen LogP contribution is 2.23. The largest absolute Gasteiger partial charge is 0.490 e. The van der Waals surface area contributed by atoms with Crippen molar-refractivity contribution >= 4 is 0 Å². The molecular weight excluding hydrogens is 254 g/mol. The number of hydrogen-bond acceptors (Lipinski definition) is 3. The van der Waals surface area contributed by atoms with Crippen LogP contribution in [0.4, 0.5) is 17.6 Å². The quantitative estimate of drug-likeness (QED) is 0.822. The molecule has 0 spiro atoms. The maximum Gasteiger partial charge on any atom is 0.417 e. The van der Waals surface area contributed by atoms with E-state index in [9.17, 15) is 17.6 Å². The van der Waals surface area contributed by atoms with Crippen LogP contribution in [0.1, 0.15) is 18.5 Å². The Bertz CT molecular complexity index is 407. The molecular formula is C11H13F4NO2. The molecule has 0 saturated heterocycles. The van der Waals surface area contributed by atoms with Gasteiger partial charge >= 0.3 is 6.18 Å². The van der Waals surface area contributed by atoms with Gasteiger partial charge in [-0.2, -0.15) is 13.2 Å². The number of alkyl halides is 3. The van der Waals surface area contributed by atoms with Crippen molar-refractivity contribution in [2.24, 2.45) is 5.73 Å². The van der Waals surface area contributed by atoms with Crippen molar-refractivity contribution in [3.05, 3.63) is 29.6 Å². The molecule has 0 saturated carbocycles. The minimum atomic E-state index is -4.76. The summed E-state index contributed by atoms with van der Waals surface area (Å²) in [5, 5.41) is 8.70. The normalized spacial score (nSPS) is 15.3. The Hall–Kier alpha value is -1.34. The molecule has 1 aromatic rings.